The lowest BCUT2D eigenvalue weighted by molar-refractivity contribution is 0.0599. The Hall–Kier alpha value is -3.09. The van der Waals surface area contributed by atoms with Gasteiger partial charge in [-0.15, -0.1) is 0 Å². The van der Waals surface area contributed by atoms with E-state index in [2.05, 4.69) is 21.2 Å². The third kappa shape index (κ3) is 6.09. The molecule has 1 aliphatic rings. The van der Waals surface area contributed by atoms with Gasteiger partial charge in [0.1, 0.15) is 17.2 Å². The Bertz CT molecular complexity index is 1690. The maximum absolute atomic E-state index is 13.6. The number of fused-ring (bicyclic) bond motifs is 1. The number of carbonyl (C=O) groups excluding carboxylic acids is 2. The first kappa shape index (κ1) is 29.4. The van der Waals surface area contributed by atoms with Gasteiger partial charge < -0.3 is 19.0 Å². The average Bonchev–Trinajstić information content (AvgIpc) is 3.74. The van der Waals surface area contributed by atoms with Gasteiger partial charge >= 0.3 is 5.97 Å². The minimum atomic E-state index is -2.63. The first-order valence-corrected chi connectivity index (χ1v) is 14.8. The van der Waals surface area contributed by atoms with Crippen molar-refractivity contribution in [2.75, 3.05) is 14.2 Å². The Morgan fingerprint density at radius 2 is 1.90 bits per heavy atom. The summed E-state index contributed by atoms with van der Waals surface area (Å²) in [5.41, 5.74) is 3.58. The highest BCUT2D eigenvalue weighted by atomic mass is 79.9. The first-order valence-electron chi connectivity index (χ1n) is 12.6. The fourth-order valence-electron chi connectivity index (χ4n) is 4.82. The topological polar surface area (TPSA) is 112 Å². The van der Waals surface area contributed by atoms with Crippen LogP contribution in [0.1, 0.15) is 56.2 Å². The van der Waals surface area contributed by atoms with Crippen LogP contribution in [0.25, 0.3) is 22.3 Å². The Morgan fingerprint density at radius 1 is 1.20 bits per heavy atom. The minimum Gasteiger partial charge on any atom is -0.760 e. The summed E-state index contributed by atoms with van der Waals surface area (Å²) in [6.07, 6.45) is 1.86. The van der Waals surface area contributed by atoms with Crippen LogP contribution in [0.4, 0.5) is 4.39 Å². The number of ether oxygens (including phenoxy) is 1. The molecule has 8 nitrogen and oxygen atoms in total. The average molecular weight is 663 g/mol. The van der Waals surface area contributed by atoms with E-state index in [1.807, 2.05) is 6.07 Å². The first-order chi connectivity index (χ1) is 19.6. The molecule has 1 saturated carbocycles. The molecule has 214 valence electrons. The standard InChI is InChI=1S/C29H25BrClFN2O6S/c1-33-28(35)25-21-12-20(16-3-4-16)18(11-24(21)40-27(25)17-5-7-19(32)8-6-17)14-34(41(37)38)13-15-9-22(29(36)39-2)26(30)23(31)10-15/h5-12,16H,3-4,13-14H2,1-2H3,(H,33,35)(H,37,38)/p-1. The molecule has 1 aromatic heterocycles. The van der Waals surface area contributed by atoms with E-state index in [1.54, 1.807) is 12.1 Å². The molecule has 41 heavy (non-hydrogen) atoms. The largest absolute Gasteiger partial charge is 0.760 e. The van der Waals surface area contributed by atoms with Crippen LogP contribution in [0.5, 0.6) is 0 Å². The molecule has 0 aliphatic heterocycles. The van der Waals surface area contributed by atoms with Crippen LogP contribution >= 0.6 is 27.5 Å². The number of amides is 1. The van der Waals surface area contributed by atoms with E-state index >= 15 is 0 Å². The molecule has 12 heteroatoms. The summed E-state index contributed by atoms with van der Waals surface area (Å²) >= 11 is 6.95. The molecule has 0 bridgehead atoms. The molecule has 1 unspecified atom stereocenters. The van der Waals surface area contributed by atoms with Crippen molar-refractivity contribution in [1.29, 1.82) is 0 Å². The number of hydrogen-bond acceptors (Lipinski definition) is 6. The summed E-state index contributed by atoms with van der Waals surface area (Å²) in [5, 5.41) is 3.48. The highest BCUT2D eigenvalue weighted by Crippen LogP contribution is 2.45. The number of rotatable bonds is 9. The SMILES string of the molecule is CNC(=O)c1c(-c2ccc(F)cc2)oc2cc(CN(Cc3cc(Cl)c(Br)c(C(=O)OC)c3)S(=O)[O-])c(C3CC3)cc12. The van der Waals surface area contributed by atoms with Gasteiger partial charge in [0.2, 0.25) is 0 Å². The molecule has 1 amide bonds. The normalized spacial score (nSPS) is 13.9. The predicted octanol–water partition coefficient (Wildman–Crippen LogP) is 6.47. The van der Waals surface area contributed by atoms with Gasteiger partial charge in [-0.3, -0.25) is 9.00 Å². The fourth-order valence-corrected chi connectivity index (χ4v) is 5.95. The van der Waals surface area contributed by atoms with Crippen LogP contribution in [0, 0.1) is 5.82 Å². The molecule has 1 aliphatic carbocycles. The third-order valence-corrected chi connectivity index (χ3v) is 9.00. The van der Waals surface area contributed by atoms with Crippen LogP contribution in [-0.4, -0.2) is 39.1 Å². The summed E-state index contributed by atoms with van der Waals surface area (Å²) in [6.45, 7) is -0.0429. The Kier molecular flexibility index (Phi) is 8.62. The van der Waals surface area contributed by atoms with Crippen molar-refractivity contribution < 1.29 is 31.9 Å². The molecule has 1 atom stereocenters. The monoisotopic (exact) mass is 661 g/mol. The summed E-state index contributed by atoms with van der Waals surface area (Å²) in [6, 6.07) is 12.4. The molecule has 0 saturated heterocycles. The number of nitrogens with one attached hydrogen (secondary N) is 1. The van der Waals surface area contributed by atoms with Crippen molar-refractivity contribution in [3.8, 4) is 11.3 Å². The van der Waals surface area contributed by atoms with Gasteiger partial charge in [-0.2, -0.15) is 0 Å². The van der Waals surface area contributed by atoms with Gasteiger partial charge in [0.15, 0.2) is 0 Å². The van der Waals surface area contributed by atoms with Crippen LogP contribution in [0.2, 0.25) is 5.02 Å². The van der Waals surface area contributed by atoms with E-state index in [0.29, 0.717) is 37.9 Å². The molecule has 5 rings (SSSR count). The second-order valence-electron chi connectivity index (χ2n) is 9.66. The van der Waals surface area contributed by atoms with Gasteiger partial charge in [-0.1, -0.05) is 11.6 Å². The van der Waals surface area contributed by atoms with Crippen LogP contribution in [0.15, 0.2) is 57.4 Å². The van der Waals surface area contributed by atoms with Gasteiger partial charge in [0, 0.05) is 42.4 Å². The zero-order chi connectivity index (χ0) is 29.4. The lowest BCUT2D eigenvalue weighted by Crippen LogP contribution is -2.25. The van der Waals surface area contributed by atoms with E-state index in [-0.39, 0.29) is 35.5 Å². The molecular weight excluding hydrogens is 639 g/mol. The van der Waals surface area contributed by atoms with Crippen molar-refractivity contribution in [3.63, 3.8) is 0 Å². The molecule has 1 fully saturated rings. The van der Waals surface area contributed by atoms with Gasteiger partial charge in [-0.25, -0.2) is 13.5 Å². The summed E-state index contributed by atoms with van der Waals surface area (Å²) in [4.78, 5) is 25.2. The zero-order valence-electron chi connectivity index (χ0n) is 22.0. The smallest absolute Gasteiger partial charge is 0.339 e. The number of benzene rings is 3. The van der Waals surface area contributed by atoms with Crippen molar-refractivity contribution in [2.45, 2.75) is 31.8 Å². The molecule has 1 N–H and O–H groups in total. The van der Waals surface area contributed by atoms with Crippen molar-refractivity contribution in [2.24, 2.45) is 0 Å². The second-order valence-corrected chi connectivity index (χ2v) is 11.8. The molecular formula is C29H24BrClFN2O6S-. The van der Waals surface area contributed by atoms with Gasteiger partial charge in [0.05, 0.1) is 27.7 Å². The summed E-state index contributed by atoms with van der Waals surface area (Å²) < 4.78 is 50.9. The van der Waals surface area contributed by atoms with Crippen LogP contribution < -0.4 is 5.32 Å². The maximum atomic E-state index is 13.6. The van der Waals surface area contributed by atoms with E-state index in [9.17, 15) is 22.7 Å². The van der Waals surface area contributed by atoms with Crippen molar-refractivity contribution in [3.05, 3.63) is 91.7 Å². The number of esters is 1. The molecule has 4 aromatic rings. The van der Waals surface area contributed by atoms with Crippen LogP contribution in [-0.2, 0) is 29.1 Å². The van der Waals surface area contributed by atoms with E-state index in [1.165, 1.54) is 48.8 Å². The Balaban J connectivity index is 1.57. The Labute approximate surface area is 251 Å². The minimum absolute atomic E-state index is 0.0149. The number of halogens is 3. The van der Waals surface area contributed by atoms with Crippen molar-refractivity contribution >= 4 is 61.6 Å². The van der Waals surface area contributed by atoms with E-state index in [0.717, 1.165) is 24.0 Å². The lowest BCUT2D eigenvalue weighted by atomic mass is 9.97. The number of carbonyl (C=O) groups is 2. The number of furan rings is 1. The van der Waals surface area contributed by atoms with Crippen LogP contribution in [0.3, 0.4) is 0 Å². The van der Waals surface area contributed by atoms with E-state index < -0.39 is 23.1 Å². The predicted molar refractivity (Wildman–Crippen MR) is 156 cm³/mol. The third-order valence-electron chi connectivity index (χ3n) is 6.94. The maximum Gasteiger partial charge on any atom is 0.339 e. The Morgan fingerprint density at radius 3 is 2.51 bits per heavy atom. The highest BCUT2D eigenvalue weighted by molar-refractivity contribution is 9.10. The number of methoxy groups -OCH3 is 1. The number of hydrogen-bond donors (Lipinski definition) is 1. The van der Waals surface area contributed by atoms with Crippen molar-refractivity contribution in [1.82, 2.24) is 9.62 Å². The zero-order valence-corrected chi connectivity index (χ0v) is 25.1. The van der Waals surface area contributed by atoms with E-state index in [4.69, 9.17) is 20.8 Å². The molecule has 1 heterocycles. The van der Waals surface area contributed by atoms with Gasteiger partial charge in [0.25, 0.3) is 5.91 Å². The lowest BCUT2D eigenvalue weighted by Gasteiger charge is -2.26. The number of nitrogens with zero attached hydrogens (tertiary/aromatic N) is 1. The van der Waals surface area contributed by atoms with Gasteiger partial charge in [-0.05, 0) is 99.9 Å². The molecule has 3 aromatic carbocycles. The summed E-state index contributed by atoms with van der Waals surface area (Å²) in [7, 11) is 2.77. The second kappa shape index (κ2) is 12.0. The molecule has 0 spiro atoms. The highest BCUT2D eigenvalue weighted by Gasteiger charge is 2.30. The quantitative estimate of drug-likeness (QED) is 0.162. The molecule has 0 radical (unpaired) electrons. The summed E-state index contributed by atoms with van der Waals surface area (Å²) in [5.74, 6) is -0.874. The fraction of sp³-hybridized carbons (Fsp3) is 0.241.